The molecular formula is C24H29N3O6S2. The molecule has 1 N–H and O–H groups in total. The van der Waals surface area contributed by atoms with Gasteiger partial charge in [0.2, 0.25) is 21.8 Å². The van der Waals surface area contributed by atoms with Crippen LogP contribution in [0.2, 0.25) is 0 Å². The second kappa shape index (κ2) is 11.0. The maximum absolute atomic E-state index is 13.2. The molecule has 0 aliphatic carbocycles. The van der Waals surface area contributed by atoms with Gasteiger partial charge in [0.15, 0.2) is 0 Å². The highest BCUT2D eigenvalue weighted by atomic mass is 32.2. The van der Waals surface area contributed by atoms with Gasteiger partial charge in [-0.2, -0.15) is 4.31 Å². The molecule has 1 unspecified atom stereocenters. The summed E-state index contributed by atoms with van der Waals surface area (Å²) in [7, 11) is -3.75. The van der Waals surface area contributed by atoms with Gasteiger partial charge in [0.05, 0.1) is 30.4 Å². The second-order valence-corrected chi connectivity index (χ2v) is 11.3. The van der Waals surface area contributed by atoms with E-state index in [0.29, 0.717) is 42.7 Å². The lowest BCUT2D eigenvalue weighted by Gasteiger charge is -2.27. The number of fused-ring (bicyclic) bond motifs is 1. The van der Waals surface area contributed by atoms with E-state index in [-0.39, 0.29) is 42.3 Å². The minimum Gasteiger partial charge on any atom is -0.494 e. The fourth-order valence-electron chi connectivity index (χ4n) is 3.91. The quantitative estimate of drug-likeness (QED) is 0.600. The summed E-state index contributed by atoms with van der Waals surface area (Å²) < 4.78 is 38.5. The van der Waals surface area contributed by atoms with E-state index < -0.39 is 10.0 Å². The number of sulfonamides is 1. The lowest BCUT2D eigenvalue weighted by atomic mass is 10.1. The van der Waals surface area contributed by atoms with Gasteiger partial charge in [-0.15, -0.1) is 11.8 Å². The molecule has 2 aromatic rings. The Morgan fingerprint density at radius 2 is 1.89 bits per heavy atom. The third-order valence-electron chi connectivity index (χ3n) is 5.76. The molecule has 0 saturated carbocycles. The molecule has 11 heteroatoms. The number of hydrogen-bond donors (Lipinski definition) is 1. The van der Waals surface area contributed by atoms with Gasteiger partial charge in [0.25, 0.3) is 0 Å². The molecule has 0 spiro atoms. The largest absolute Gasteiger partial charge is 0.494 e. The van der Waals surface area contributed by atoms with Crippen LogP contribution in [0.4, 0.5) is 11.4 Å². The SMILES string of the molecule is CCOc1ccc(NC(=O)CN2C(=O)C(C)CSc3ccc(S(=O)(=O)N4CCOCC4)cc32)cc1. The molecule has 9 nitrogen and oxygen atoms in total. The van der Waals surface area contributed by atoms with Crippen LogP contribution < -0.4 is 15.0 Å². The summed E-state index contributed by atoms with van der Waals surface area (Å²) in [5, 5.41) is 2.81. The summed E-state index contributed by atoms with van der Waals surface area (Å²) in [6.07, 6.45) is 0. The van der Waals surface area contributed by atoms with Crippen molar-refractivity contribution in [2.45, 2.75) is 23.6 Å². The molecule has 1 saturated heterocycles. The molecule has 0 radical (unpaired) electrons. The molecule has 0 bridgehead atoms. The first-order valence-electron chi connectivity index (χ1n) is 11.5. The Bertz CT molecular complexity index is 1180. The van der Waals surface area contributed by atoms with Crippen molar-refractivity contribution >= 4 is 45.0 Å². The number of rotatable bonds is 7. The van der Waals surface area contributed by atoms with Crippen molar-refractivity contribution in [3.05, 3.63) is 42.5 Å². The van der Waals surface area contributed by atoms with Crippen LogP contribution >= 0.6 is 11.8 Å². The number of anilines is 2. The minimum absolute atomic E-state index is 0.0954. The molecule has 35 heavy (non-hydrogen) atoms. The zero-order chi connectivity index (χ0) is 25.0. The summed E-state index contributed by atoms with van der Waals surface area (Å²) in [6.45, 7) is 5.25. The molecule has 2 heterocycles. The van der Waals surface area contributed by atoms with Crippen LogP contribution in [0.25, 0.3) is 0 Å². The Hall–Kier alpha value is -2.60. The van der Waals surface area contributed by atoms with Crippen LogP contribution in [0.3, 0.4) is 0 Å². The predicted octanol–water partition coefficient (Wildman–Crippen LogP) is 2.82. The number of nitrogens with zero attached hydrogens (tertiary/aromatic N) is 2. The maximum atomic E-state index is 13.2. The Balaban J connectivity index is 1.59. The van der Waals surface area contributed by atoms with E-state index in [2.05, 4.69) is 5.32 Å². The summed E-state index contributed by atoms with van der Waals surface area (Å²) >= 11 is 1.48. The highest BCUT2D eigenvalue weighted by molar-refractivity contribution is 7.99. The topological polar surface area (TPSA) is 105 Å². The summed E-state index contributed by atoms with van der Waals surface area (Å²) in [6, 6.07) is 11.8. The van der Waals surface area contributed by atoms with Gasteiger partial charge in [-0.05, 0) is 49.4 Å². The van der Waals surface area contributed by atoms with Gasteiger partial charge >= 0.3 is 0 Å². The minimum atomic E-state index is -3.75. The van der Waals surface area contributed by atoms with Gasteiger partial charge in [0, 0.05) is 35.3 Å². The number of thioether (sulfide) groups is 1. The Morgan fingerprint density at radius 3 is 2.57 bits per heavy atom. The molecule has 2 aliphatic heterocycles. The zero-order valence-electron chi connectivity index (χ0n) is 19.7. The molecule has 2 aliphatic rings. The number of amides is 2. The first kappa shape index (κ1) is 25.5. The molecular weight excluding hydrogens is 490 g/mol. The number of benzene rings is 2. The van der Waals surface area contributed by atoms with E-state index in [1.165, 1.54) is 27.0 Å². The first-order chi connectivity index (χ1) is 16.8. The number of carbonyl (C=O) groups is 2. The average Bonchev–Trinajstić information content (AvgIpc) is 2.97. The van der Waals surface area contributed by atoms with E-state index in [4.69, 9.17) is 9.47 Å². The molecule has 4 rings (SSSR count). The van der Waals surface area contributed by atoms with Crippen molar-refractivity contribution in [2.24, 2.45) is 5.92 Å². The molecule has 1 atom stereocenters. The van der Waals surface area contributed by atoms with Crippen molar-refractivity contribution in [1.29, 1.82) is 0 Å². The third-order valence-corrected chi connectivity index (χ3v) is 8.97. The number of carbonyl (C=O) groups excluding carboxylic acids is 2. The molecule has 188 valence electrons. The van der Waals surface area contributed by atoms with Crippen molar-refractivity contribution in [2.75, 3.05) is 55.4 Å². The average molecular weight is 520 g/mol. The highest BCUT2D eigenvalue weighted by Crippen LogP contribution is 2.38. The molecule has 2 aromatic carbocycles. The number of morpholine rings is 1. The van der Waals surface area contributed by atoms with E-state index >= 15 is 0 Å². The van der Waals surface area contributed by atoms with Crippen LogP contribution in [-0.2, 0) is 24.3 Å². The number of nitrogens with one attached hydrogen (secondary N) is 1. The fraction of sp³-hybridized carbons (Fsp3) is 0.417. The predicted molar refractivity (Wildman–Crippen MR) is 135 cm³/mol. The second-order valence-electron chi connectivity index (χ2n) is 8.29. The van der Waals surface area contributed by atoms with Crippen LogP contribution in [0.5, 0.6) is 5.75 Å². The summed E-state index contributed by atoms with van der Waals surface area (Å²) in [5.74, 6) is 0.304. The molecule has 1 fully saturated rings. The zero-order valence-corrected chi connectivity index (χ0v) is 21.4. The molecule has 0 aromatic heterocycles. The third kappa shape index (κ3) is 5.80. The van der Waals surface area contributed by atoms with Gasteiger partial charge in [-0.25, -0.2) is 8.42 Å². The van der Waals surface area contributed by atoms with E-state index in [1.54, 1.807) is 36.4 Å². The number of ether oxygens (including phenoxy) is 2. The van der Waals surface area contributed by atoms with E-state index in [9.17, 15) is 18.0 Å². The number of hydrogen-bond acceptors (Lipinski definition) is 7. The van der Waals surface area contributed by atoms with Crippen molar-refractivity contribution < 1.29 is 27.5 Å². The molecule has 2 amide bonds. The van der Waals surface area contributed by atoms with Crippen LogP contribution in [0.15, 0.2) is 52.3 Å². The lowest BCUT2D eigenvalue weighted by Crippen LogP contribution is -2.42. The maximum Gasteiger partial charge on any atom is 0.244 e. The summed E-state index contributed by atoms with van der Waals surface area (Å²) in [5.41, 5.74) is 1.01. The van der Waals surface area contributed by atoms with Crippen LogP contribution in [0, 0.1) is 5.92 Å². The monoisotopic (exact) mass is 519 g/mol. The first-order valence-corrected chi connectivity index (χ1v) is 13.9. The van der Waals surface area contributed by atoms with Gasteiger partial charge < -0.3 is 19.7 Å². The standard InChI is InChI=1S/C24H29N3O6S2/c1-3-33-19-6-4-18(5-7-19)25-23(28)15-27-21-14-20(35(30,31)26-10-12-32-13-11-26)8-9-22(21)34-16-17(2)24(27)29/h4-9,14,17H,3,10-13,15-16H2,1-2H3,(H,25,28). The Morgan fingerprint density at radius 1 is 1.17 bits per heavy atom. The van der Waals surface area contributed by atoms with Crippen molar-refractivity contribution in [3.63, 3.8) is 0 Å². The van der Waals surface area contributed by atoms with Crippen LogP contribution in [-0.4, -0.2) is 69.7 Å². The lowest BCUT2D eigenvalue weighted by molar-refractivity contribution is -0.123. The highest BCUT2D eigenvalue weighted by Gasteiger charge is 2.32. The van der Waals surface area contributed by atoms with Gasteiger partial charge in [0.1, 0.15) is 12.3 Å². The van der Waals surface area contributed by atoms with Gasteiger partial charge in [-0.3, -0.25) is 9.59 Å². The van der Waals surface area contributed by atoms with Crippen molar-refractivity contribution in [1.82, 2.24) is 4.31 Å². The summed E-state index contributed by atoms with van der Waals surface area (Å²) in [4.78, 5) is 28.4. The Kier molecular flexibility index (Phi) is 8.00. The fourth-order valence-corrected chi connectivity index (χ4v) is 6.39. The van der Waals surface area contributed by atoms with Gasteiger partial charge in [-0.1, -0.05) is 6.92 Å². The van der Waals surface area contributed by atoms with Crippen LogP contribution in [0.1, 0.15) is 13.8 Å². The Labute approximate surface area is 209 Å². The van der Waals surface area contributed by atoms with Crippen molar-refractivity contribution in [3.8, 4) is 5.75 Å². The smallest absolute Gasteiger partial charge is 0.244 e. The normalized spacial score (nSPS) is 19.1. The van der Waals surface area contributed by atoms with E-state index in [1.807, 2.05) is 13.8 Å². The van der Waals surface area contributed by atoms with E-state index in [0.717, 1.165) is 4.90 Å².